The van der Waals surface area contributed by atoms with E-state index in [0.29, 0.717) is 5.75 Å². The lowest BCUT2D eigenvalue weighted by atomic mass is 10.1. The Balaban J connectivity index is 1.34. The molecule has 1 N–H and O–H groups in total. The molecule has 29 heavy (non-hydrogen) atoms. The van der Waals surface area contributed by atoms with Crippen molar-refractivity contribution in [1.29, 1.82) is 0 Å². The summed E-state index contributed by atoms with van der Waals surface area (Å²) >= 11 is 1.67. The summed E-state index contributed by atoms with van der Waals surface area (Å²) in [7, 11) is 0. The van der Waals surface area contributed by atoms with E-state index in [1.165, 1.54) is 17.5 Å². The molecule has 1 atom stereocenters. The molecule has 0 radical (unpaired) electrons. The van der Waals surface area contributed by atoms with Crippen molar-refractivity contribution in [3.63, 3.8) is 0 Å². The van der Waals surface area contributed by atoms with Crippen LogP contribution in [0.5, 0.6) is 0 Å². The quantitative estimate of drug-likeness (QED) is 0.770. The van der Waals surface area contributed by atoms with Gasteiger partial charge >= 0.3 is 0 Å². The van der Waals surface area contributed by atoms with Crippen LogP contribution < -0.4 is 10.2 Å². The fourth-order valence-corrected chi connectivity index (χ4v) is 6.00. The molecule has 1 saturated heterocycles. The third kappa shape index (κ3) is 3.68. The molecule has 0 unspecified atom stereocenters. The molecule has 2 aliphatic carbocycles. The first-order valence-corrected chi connectivity index (χ1v) is 11.7. The van der Waals surface area contributed by atoms with Crippen LogP contribution in [0.2, 0.25) is 0 Å². The topological polar surface area (TPSA) is 49.4 Å². The zero-order valence-electron chi connectivity index (χ0n) is 16.5. The Hall–Kier alpha value is -2.27. The van der Waals surface area contributed by atoms with Gasteiger partial charge < -0.3 is 5.32 Å². The number of aryl methyl sites for hydroxylation is 2. The highest BCUT2D eigenvalue weighted by Gasteiger charge is 2.34. The maximum absolute atomic E-state index is 12.7. The molecule has 2 aromatic rings. The van der Waals surface area contributed by atoms with Crippen molar-refractivity contribution >= 4 is 35.0 Å². The Labute approximate surface area is 176 Å². The predicted molar refractivity (Wildman–Crippen MR) is 118 cm³/mol. The summed E-state index contributed by atoms with van der Waals surface area (Å²) < 4.78 is 0. The molecular formula is C24H26N2O2S. The maximum atomic E-state index is 12.7. The van der Waals surface area contributed by atoms with E-state index in [1.807, 2.05) is 29.2 Å². The van der Waals surface area contributed by atoms with Crippen LogP contribution in [0.4, 0.5) is 11.4 Å². The first-order chi connectivity index (χ1) is 14.2. The normalized spacial score (nSPS) is 21.6. The van der Waals surface area contributed by atoms with Gasteiger partial charge in [0.2, 0.25) is 11.8 Å². The summed E-state index contributed by atoms with van der Waals surface area (Å²) in [6, 6.07) is 14.5. The molecule has 1 saturated carbocycles. The minimum atomic E-state index is -0.0125. The molecule has 4 nitrogen and oxygen atoms in total. The van der Waals surface area contributed by atoms with Gasteiger partial charge in [0, 0.05) is 17.3 Å². The van der Waals surface area contributed by atoms with Crippen LogP contribution >= 0.6 is 11.8 Å². The number of carbonyl (C=O) groups excluding carboxylic acids is 2. The first kappa shape index (κ1) is 18.7. The van der Waals surface area contributed by atoms with Gasteiger partial charge in [0.25, 0.3) is 0 Å². The fourth-order valence-electron chi connectivity index (χ4n) is 4.82. The Morgan fingerprint density at radius 1 is 0.966 bits per heavy atom. The van der Waals surface area contributed by atoms with Crippen molar-refractivity contribution in [3.8, 4) is 0 Å². The largest absolute Gasteiger partial charge is 0.326 e. The van der Waals surface area contributed by atoms with Gasteiger partial charge in [0.15, 0.2) is 0 Å². The minimum Gasteiger partial charge on any atom is -0.326 e. The summed E-state index contributed by atoms with van der Waals surface area (Å²) in [5.74, 6) is 0.965. The number of nitrogens with one attached hydrogen (secondary N) is 1. The lowest BCUT2D eigenvalue weighted by molar-refractivity contribution is -0.119. The Bertz CT molecular complexity index is 934. The van der Waals surface area contributed by atoms with E-state index < -0.39 is 0 Å². The van der Waals surface area contributed by atoms with Gasteiger partial charge in [0.05, 0.1) is 5.75 Å². The highest BCUT2D eigenvalue weighted by atomic mass is 32.2. The highest BCUT2D eigenvalue weighted by Crippen LogP contribution is 2.43. The lowest BCUT2D eigenvalue weighted by Gasteiger charge is -2.25. The predicted octanol–water partition coefficient (Wildman–Crippen LogP) is 5.08. The zero-order valence-corrected chi connectivity index (χ0v) is 17.3. The Morgan fingerprint density at radius 3 is 2.52 bits per heavy atom. The smallest absolute Gasteiger partial charge is 0.238 e. The number of hydrogen-bond acceptors (Lipinski definition) is 3. The second kappa shape index (κ2) is 7.86. The summed E-state index contributed by atoms with van der Waals surface area (Å²) in [5.41, 5.74) is 5.75. The fraction of sp³-hybridized carbons (Fsp3) is 0.417. The average Bonchev–Trinajstić information content (AvgIpc) is 3.49. The van der Waals surface area contributed by atoms with Gasteiger partial charge in [-0.15, -0.1) is 11.8 Å². The van der Waals surface area contributed by atoms with E-state index in [-0.39, 0.29) is 23.1 Å². The molecule has 2 aromatic carbocycles. The Morgan fingerprint density at radius 2 is 1.72 bits per heavy atom. The number of thioether (sulfide) groups is 1. The standard InChI is InChI=1S/C24H26N2O2S/c27-22-15-29-24(26(22)21-13-10-16-6-3-7-19(16)14-21)18-8-11-20(12-9-18)25-23(28)17-4-1-2-5-17/h8-14,17,24H,1-7,15H2,(H,25,28)/t24-/m1/s1. The zero-order chi connectivity index (χ0) is 19.8. The number of benzene rings is 2. The summed E-state index contributed by atoms with van der Waals surface area (Å²) in [5, 5.41) is 3.04. The van der Waals surface area contributed by atoms with Crippen LogP contribution in [-0.4, -0.2) is 17.6 Å². The number of nitrogens with zero attached hydrogens (tertiary/aromatic N) is 1. The van der Waals surface area contributed by atoms with E-state index in [0.717, 1.165) is 55.5 Å². The number of carbonyl (C=O) groups is 2. The van der Waals surface area contributed by atoms with Crippen molar-refractivity contribution in [2.45, 2.75) is 50.3 Å². The van der Waals surface area contributed by atoms with Crippen molar-refractivity contribution in [2.75, 3.05) is 16.0 Å². The van der Waals surface area contributed by atoms with Gasteiger partial charge in [0.1, 0.15) is 5.37 Å². The van der Waals surface area contributed by atoms with E-state index in [2.05, 4.69) is 23.5 Å². The monoisotopic (exact) mass is 406 g/mol. The van der Waals surface area contributed by atoms with Gasteiger partial charge in [-0.05, 0) is 73.1 Å². The molecule has 1 heterocycles. The lowest BCUT2D eigenvalue weighted by Crippen LogP contribution is -2.28. The molecule has 0 bridgehead atoms. The summed E-state index contributed by atoms with van der Waals surface area (Å²) in [6.07, 6.45) is 7.78. The summed E-state index contributed by atoms with van der Waals surface area (Å²) in [4.78, 5) is 27.0. The molecule has 2 fully saturated rings. The molecule has 5 heteroatoms. The third-order valence-corrected chi connectivity index (χ3v) is 7.63. The second-order valence-corrected chi connectivity index (χ2v) is 9.39. The molecule has 1 aliphatic heterocycles. The molecule has 0 aromatic heterocycles. The van der Waals surface area contributed by atoms with Gasteiger partial charge in [-0.3, -0.25) is 14.5 Å². The summed E-state index contributed by atoms with van der Waals surface area (Å²) in [6.45, 7) is 0. The van der Waals surface area contributed by atoms with Crippen molar-refractivity contribution < 1.29 is 9.59 Å². The Kier molecular flexibility index (Phi) is 5.08. The molecule has 150 valence electrons. The van der Waals surface area contributed by atoms with E-state index in [4.69, 9.17) is 0 Å². The van der Waals surface area contributed by atoms with Crippen LogP contribution in [0.15, 0.2) is 42.5 Å². The number of fused-ring (bicyclic) bond motifs is 1. The van der Waals surface area contributed by atoms with Crippen molar-refractivity contribution in [3.05, 3.63) is 59.2 Å². The number of anilines is 2. The van der Waals surface area contributed by atoms with E-state index in [1.54, 1.807) is 11.8 Å². The number of rotatable bonds is 4. The third-order valence-electron chi connectivity index (χ3n) is 6.42. The molecular weight excluding hydrogens is 380 g/mol. The first-order valence-electron chi connectivity index (χ1n) is 10.7. The average molecular weight is 407 g/mol. The molecule has 5 rings (SSSR count). The molecule has 2 amide bonds. The minimum absolute atomic E-state index is 0.0125. The van der Waals surface area contributed by atoms with Crippen LogP contribution in [-0.2, 0) is 22.4 Å². The number of hydrogen-bond donors (Lipinski definition) is 1. The van der Waals surface area contributed by atoms with Gasteiger partial charge in [-0.2, -0.15) is 0 Å². The molecule has 0 spiro atoms. The van der Waals surface area contributed by atoms with E-state index in [9.17, 15) is 9.59 Å². The maximum Gasteiger partial charge on any atom is 0.238 e. The van der Waals surface area contributed by atoms with E-state index >= 15 is 0 Å². The van der Waals surface area contributed by atoms with Crippen molar-refractivity contribution in [2.24, 2.45) is 5.92 Å². The second-order valence-electron chi connectivity index (χ2n) is 8.33. The van der Waals surface area contributed by atoms with Crippen LogP contribution in [0.25, 0.3) is 0 Å². The SMILES string of the molecule is O=C(Nc1ccc([C@H]2SCC(=O)N2c2ccc3c(c2)CCC3)cc1)C1CCCC1. The van der Waals surface area contributed by atoms with Gasteiger partial charge in [-0.1, -0.05) is 31.0 Å². The molecule has 3 aliphatic rings. The van der Waals surface area contributed by atoms with Crippen LogP contribution in [0, 0.1) is 5.92 Å². The van der Waals surface area contributed by atoms with Crippen LogP contribution in [0.1, 0.15) is 54.2 Å². The van der Waals surface area contributed by atoms with Crippen molar-refractivity contribution in [1.82, 2.24) is 0 Å². The highest BCUT2D eigenvalue weighted by molar-refractivity contribution is 8.00. The van der Waals surface area contributed by atoms with Gasteiger partial charge in [-0.25, -0.2) is 0 Å². The number of amides is 2. The van der Waals surface area contributed by atoms with Crippen LogP contribution in [0.3, 0.4) is 0 Å².